The molecule has 0 aromatic heterocycles. The van der Waals surface area contributed by atoms with E-state index in [2.05, 4.69) is 0 Å². The molecule has 0 heterocycles. The third-order valence-corrected chi connectivity index (χ3v) is 3.92. The Hall–Kier alpha value is -1.07. The largest absolute Gasteiger partial charge is 0.475 e. The lowest BCUT2D eigenvalue weighted by Crippen LogP contribution is -2.16. The van der Waals surface area contributed by atoms with Gasteiger partial charge in [-0.1, -0.05) is 41.9 Å². The van der Waals surface area contributed by atoms with Crippen LogP contribution < -0.4 is 0 Å². The zero-order valence-electron chi connectivity index (χ0n) is 8.29. The van der Waals surface area contributed by atoms with Crippen molar-refractivity contribution in [2.75, 3.05) is 0 Å². The molecule has 0 saturated carbocycles. The number of fused-ring (bicyclic) bond motifs is 1. The summed E-state index contributed by atoms with van der Waals surface area (Å²) >= 11 is 5.85. The molecular formula is C11H6ClF3OS. The summed E-state index contributed by atoms with van der Waals surface area (Å²) in [6.07, 6.45) is 0. The normalized spacial score (nSPS) is 13.9. The maximum atomic E-state index is 12.4. The predicted molar refractivity (Wildman–Crippen MR) is 61.4 cm³/mol. The van der Waals surface area contributed by atoms with Crippen molar-refractivity contribution in [1.29, 1.82) is 0 Å². The summed E-state index contributed by atoms with van der Waals surface area (Å²) < 4.78 is 48.3. The first kappa shape index (κ1) is 12.4. The number of hydrogen-bond donors (Lipinski definition) is 0. The van der Waals surface area contributed by atoms with Gasteiger partial charge in [0, 0.05) is 5.39 Å². The van der Waals surface area contributed by atoms with Crippen LogP contribution in [0.5, 0.6) is 0 Å². The lowest BCUT2D eigenvalue weighted by atomic mass is 10.1. The smallest absolute Gasteiger partial charge is 0.245 e. The highest BCUT2D eigenvalue weighted by molar-refractivity contribution is 7.86. The van der Waals surface area contributed by atoms with E-state index in [1.54, 1.807) is 24.3 Å². The van der Waals surface area contributed by atoms with Gasteiger partial charge in [-0.15, -0.1) is 0 Å². The fraction of sp³-hybridized carbons (Fsp3) is 0.0909. The van der Waals surface area contributed by atoms with Crippen LogP contribution in [0.1, 0.15) is 0 Å². The van der Waals surface area contributed by atoms with Crippen molar-refractivity contribution >= 4 is 33.2 Å². The summed E-state index contributed by atoms with van der Waals surface area (Å²) in [4.78, 5) is -0.405. The number of hydrogen-bond acceptors (Lipinski definition) is 1. The van der Waals surface area contributed by atoms with Gasteiger partial charge in [-0.05, 0) is 11.5 Å². The van der Waals surface area contributed by atoms with Gasteiger partial charge in [0.25, 0.3) is 0 Å². The molecule has 90 valence electrons. The summed E-state index contributed by atoms with van der Waals surface area (Å²) in [6.45, 7) is 0. The summed E-state index contributed by atoms with van der Waals surface area (Å²) in [5.41, 5.74) is -4.80. The minimum atomic E-state index is -4.80. The Balaban J connectivity index is 2.65. The monoisotopic (exact) mass is 278 g/mol. The van der Waals surface area contributed by atoms with E-state index in [9.17, 15) is 17.4 Å². The molecule has 0 saturated heterocycles. The molecule has 1 atom stereocenters. The average molecular weight is 279 g/mol. The van der Waals surface area contributed by atoms with Gasteiger partial charge in [0.1, 0.15) is 0 Å². The van der Waals surface area contributed by atoms with Gasteiger partial charge in [0.2, 0.25) is 0 Å². The lowest BCUT2D eigenvalue weighted by molar-refractivity contribution is -0.0384. The van der Waals surface area contributed by atoms with E-state index in [1.807, 2.05) is 0 Å². The van der Waals surface area contributed by atoms with Crippen molar-refractivity contribution < 1.29 is 17.4 Å². The zero-order valence-corrected chi connectivity index (χ0v) is 9.86. The van der Waals surface area contributed by atoms with E-state index in [0.29, 0.717) is 10.8 Å². The van der Waals surface area contributed by atoms with Crippen LogP contribution in [0.3, 0.4) is 0 Å². The molecule has 0 aliphatic carbocycles. The molecule has 2 aromatic carbocycles. The third kappa shape index (κ3) is 2.30. The van der Waals surface area contributed by atoms with E-state index >= 15 is 0 Å². The van der Waals surface area contributed by atoms with Gasteiger partial charge in [-0.3, -0.25) is 0 Å². The van der Waals surface area contributed by atoms with E-state index in [4.69, 9.17) is 11.6 Å². The molecule has 0 radical (unpaired) electrons. The Kier molecular flexibility index (Phi) is 3.14. The van der Waals surface area contributed by atoms with Crippen LogP contribution in [0.25, 0.3) is 10.8 Å². The average Bonchev–Trinajstić information content (AvgIpc) is 2.28. The molecule has 0 bridgehead atoms. The highest BCUT2D eigenvalue weighted by atomic mass is 35.5. The minimum absolute atomic E-state index is 0.112. The van der Waals surface area contributed by atoms with Crippen LogP contribution in [0, 0.1) is 0 Å². The minimum Gasteiger partial charge on any atom is -0.245 e. The fourth-order valence-electron chi connectivity index (χ4n) is 1.48. The Morgan fingerprint density at radius 2 is 1.71 bits per heavy atom. The fourth-order valence-corrected chi connectivity index (χ4v) is 2.64. The van der Waals surface area contributed by atoms with Crippen LogP contribution in [0.4, 0.5) is 13.2 Å². The quantitative estimate of drug-likeness (QED) is 0.767. The van der Waals surface area contributed by atoms with E-state index in [1.165, 1.54) is 6.07 Å². The maximum absolute atomic E-state index is 12.4. The predicted octanol–water partition coefficient (Wildman–Crippen LogP) is 4.12. The molecule has 1 unspecified atom stereocenters. The molecule has 0 fully saturated rings. The number of alkyl halides is 3. The number of rotatable bonds is 1. The van der Waals surface area contributed by atoms with Gasteiger partial charge in [0.05, 0.1) is 9.92 Å². The first-order valence-corrected chi connectivity index (χ1v) is 6.10. The summed E-state index contributed by atoms with van der Waals surface area (Å²) in [6, 6.07) is 9.35. The first-order chi connectivity index (χ1) is 7.91. The molecule has 6 heteroatoms. The van der Waals surface area contributed by atoms with Crippen LogP contribution in [0.15, 0.2) is 41.3 Å². The van der Waals surface area contributed by atoms with E-state index in [-0.39, 0.29) is 5.02 Å². The Bertz CT molecular complexity index is 595. The van der Waals surface area contributed by atoms with Gasteiger partial charge in [-0.25, -0.2) is 4.21 Å². The highest BCUT2D eigenvalue weighted by Gasteiger charge is 2.39. The van der Waals surface area contributed by atoms with E-state index in [0.717, 1.165) is 6.07 Å². The molecule has 17 heavy (non-hydrogen) atoms. The van der Waals surface area contributed by atoms with Gasteiger partial charge in [-0.2, -0.15) is 13.2 Å². The summed E-state index contributed by atoms with van der Waals surface area (Å²) in [5, 5.41) is 1.06. The Labute approximate surface area is 103 Å². The molecule has 0 aliphatic rings. The van der Waals surface area contributed by atoms with Gasteiger partial charge in [0.15, 0.2) is 10.8 Å². The number of benzene rings is 2. The molecule has 1 nitrogen and oxygen atoms in total. The topological polar surface area (TPSA) is 17.1 Å². The standard InChI is InChI=1S/C11H6ClF3OS/c12-10-8-4-2-1-3-7(8)5-6-9(10)17(16)11(13,14)15/h1-6H. The molecule has 0 spiro atoms. The van der Waals surface area contributed by atoms with Crippen molar-refractivity contribution in [2.45, 2.75) is 10.4 Å². The second kappa shape index (κ2) is 4.31. The van der Waals surface area contributed by atoms with Crippen LogP contribution in [-0.4, -0.2) is 9.72 Å². The second-order valence-corrected chi connectivity index (χ2v) is 5.13. The lowest BCUT2D eigenvalue weighted by Gasteiger charge is -2.09. The second-order valence-electron chi connectivity index (χ2n) is 3.31. The van der Waals surface area contributed by atoms with Crippen molar-refractivity contribution in [3.63, 3.8) is 0 Å². The summed E-state index contributed by atoms with van der Waals surface area (Å²) in [7, 11) is -3.10. The number of halogens is 4. The molecule has 2 rings (SSSR count). The summed E-state index contributed by atoms with van der Waals surface area (Å²) in [5.74, 6) is 0. The van der Waals surface area contributed by atoms with Crippen molar-refractivity contribution in [1.82, 2.24) is 0 Å². The molecule has 0 aliphatic heterocycles. The SMILES string of the molecule is O=S(c1ccc2ccccc2c1Cl)C(F)(F)F. The zero-order chi connectivity index (χ0) is 12.6. The van der Waals surface area contributed by atoms with E-state index < -0.39 is 21.2 Å². The van der Waals surface area contributed by atoms with Crippen LogP contribution in [-0.2, 0) is 10.8 Å². The Morgan fingerprint density at radius 1 is 1.06 bits per heavy atom. The van der Waals surface area contributed by atoms with Crippen LogP contribution in [0.2, 0.25) is 5.02 Å². The van der Waals surface area contributed by atoms with Gasteiger partial charge >= 0.3 is 5.51 Å². The van der Waals surface area contributed by atoms with Crippen molar-refractivity contribution in [3.05, 3.63) is 41.4 Å². The van der Waals surface area contributed by atoms with Crippen LogP contribution >= 0.6 is 11.6 Å². The van der Waals surface area contributed by atoms with Gasteiger partial charge < -0.3 is 0 Å². The first-order valence-electron chi connectivity index (χ1n) is 4.57. The molecule has 0 N–H and O–H groups in total. The maximum Gasteiger partial charge on any atom is 0.475 e. The highest BCUT2D eigenvalue weighted by Crippen LogP contribution is 2.34. The van der Waals surface area contributed by atoms with Crippen molar-refractivity contribution in [3.8, 4) is 0 Å². The Morgan fingerprint density at radius 3 is 2.35 bits per heavy atom. The molecule has 2 aromatic rings. The molecular weight excluding hydrogens is 273 g/mol. The third-order valence-electron chi connectivity index (χ3n) is 2.24. The van der Waals surface area contributed by atoms with Crippen molar-refractivity contribution in [2.24, 2.45) is 0 Å². The molecule has 0 amide bonds.